The lowest BCUT2D eigenvalue weighted by Crippen LogP contribution is -2.59. The van der Waals surface area contributed by atoms with Crippen molar-refractivity contribution in [3.05, 3.63) is 0 Å². The van der Waals surface area contributed by atoms with Crippen molar-refractivity contribution in [2.24, 2.45) is 0 Å². The van der Waals surface area contributed by atoms with E-state index < -0.39 is 0 Å². The van der Waals surface area contributed by atoms with Gasteiger partial charge in [0.15, 0.2) is 0 Å². The molecule has 10 heavy (non-hydrogen) atoms. The van der Waals surface area contributed by atoms with E-state index in [0.29, 0.717) is 6.04 Å². The number of halogens is 1. The molecule has 1 heterocycles. The van der Waals surface area contributed by atoms with Crippen molar-refractivity contribution in [2.75, 3.05) is 13.1 Å². The van der Waals surface area contributed by atoms with E-state index >= 15 is 0 Å². The Hall–Kier alpha value is 0.210. The van der Waals surface area contributed by atoms with Gasteiger partial charge in [-0.3, -0.25) is 0 Å². The van der Waals surface area contributed by atoms with Gasteiger partial charge in [0, 0.05) is 24.7 Å². The van der Waals surface area contributed by atoms with Gasteiger partial charge in [-0.1, -0.05) is 0 Å². The standard InChI is InChI=1S/C7H16N2.ClH/c1-6-4-8-5-7(2,3)9-6;/h6,8-9H,4-5H2,1-3H3;1H/t6-;/m1./s1. The van der Waals surface area contributed by atoms with Crippen LogP contribution in [0.5, 0.6) is 0 Å². The Bertz CT molecular complexity index is 104. The number of nitrogens with one attached hydrogen (secondary N) is 2. The second-order valence-electron chi connectivity index (χ2n) is 3.56. The molecule has 0 spiro atoms. The Labute approximate surface area is 69.2 Å². The van der Waals surface area contributed by atoms with Crippen LogP contribution in [-0.4, -0.2) is 24.7 Å². The van der Waals surface area contributed by atoms with Crippen molar-refractivity contribution < 1.29 is 0 Å². The van der Waals surface area contributed by atoms with Crippen LogP contribution in [0.3, 0.4) is 0 Å². The molecule has 1 atom stereocenters. The Balaban J connectivity index is 0.000000810. The molecule has 2 N–H and O–H groups in total. The first kappa shape index (κ1) is 10.2. The average Bonchev–Trinajstić information content (AvgIpc) is 1.60. The average molecular weight is 165 g/mol. The molecule has 1 aliphatic heterocycles. The van der Waals surface area contributed by atoms with E-state index in [9.17, 15) is 0 Å². The van der Waals surface area contributed by atoms with Crippen molar-refractivity contribution in [1.82, 2.24) is 10.6 Å². The molecule has 0 bridgehead atoms. The lowest BCUT2D eigenvalue weighted by molar-refractivity contribution is 0.273. The maximum atomic E-state index is 3.49. The summed E-state index contributed by atoms with van der Waals surface area (Å²) in [5, 5.41) is 6.86. The highest BCUT2D eigenvalue weighted by Gasteiger charge is 2.23. The Morgan fingerprint density at radius 3 is 2.30 bits per heavy atom. The van der Waals surface area contributed by atoms with Crippen molar-refractivity contribution in [1.29, 1.82) is 0 Å². The first-order valence-corrected chi connectivity index (χ1v) is 3.58. The SMILES string of the molecule is C[C@@H]1CNCC(C)(C)N1.Cl. The monoisotopic (exact) mass is 164 g/mol. The second-order valence-corrected chi connectivity index (χ2v) is 3.56. The van der Waals surface area contributed by atoms with Crippen LogP contribution in [0.15, 0.2) is 0 Å². The fourth-order valence-electron chi connectivity index (χ4n) is 1.37. The van der Waals surface area contributed by atoms with Gasteiger partial charge in [-0.05, 0) is 20.8 Å². The summed E-state index contributed by atoms with van der Waals surface area (Å²) in [6.07, 6.45) is 0. The minimum atomic E-state index is 0. The predicted molar refractivity (Wildman–Crippen MR) is 46.8 cm³/mol. The predicted octanol–water partition coefficient (Wildman–Crippen LogP) is 0.768. The lowest BCUT2D eigenvalue weighted by atomic mass is 10.0. The molecule has 1 saturated heterocycles. The number of hydrogen-bond acceptors (Lipinski definition) is 2. The van der Waals surface area contributed by atoms with Crippen LogP contribution in [0.4, 0.5) is 0 Å². The third kappa shape index (κ3) is 2.86. The van der Waals surface area contributed by atoms with E-state index in [1.807, 2.05) is 0 Å². The topological polar surface area (TPSA) is 24.1 Å². The van der Waals surface area contributed by atoms with Gasteiger partial charge < -0.3 is 10.6 Å². The lowest BCUT2D eigenvalue weighted by Gasteiger charge is -2.36. The number of rotatable bonds is 0. The molecule has 1 fully saturated rings. The molecule has 62 valence electrons. The Morgan fingerprint density at radius 2 is 2.00 bits per heavy atom. The minimum Gasteiger partial charge on any atom is -0.313 e. The molecule has 3 heteroatoms. The van der Waals surface area contributed by atoms with Crippen LogP contribution in [-0.2, 0) is 0 Å². The molecule has 0 aliphatic carbocycles. The first-order valence-electron chi connectivity index (χ1n) is 3.58. The van der Waals surface area contributed by atoms with Gasteiger partial charge >= 0.3 is 0 Å². The van der Waals surface area contributed by atoms with Crippen LogP contribution in [0, 0.1) is 0 Å². The van der Waals surface area contributed by atoms with Crippen LogP contribution in [0.25, 0.3) is 0 Å². The van der Waals surface area contributed by atoms with E-state index in [2.05, 4.69) is 31.4 Å². The van der Waals surface area contributed by atoms with E-state index in [4.69, 9.17) is 0 Å². The van der Waals surface area contributed by atoms with Crippen LogP contribution in [0.2, 0.25) is 0 Å². The molecule has 0 unspecified atom stereocenters. The highest BCUT2D eigenvalue weighted by atomic mass is 35.5. The molecule has 2 nitrogen and oxygen atoms in total. The summed E-state index contributed by atoms with van der Waals surface area (Å²) in [7, 11) is 0. The molecule has 0 amide bonds. The summed E-state index contributed by atoms with van der Waals surface area (Å²) in [5.74, 6) is 0. The zero-order valence-electron chi connectivity index (χ0n) is 6.90. The summed E-state index contributed by atoms with van der Waals surface area (Å²) >= 11 is 0. The molecule has 0 aromatic carbocycles. The number of hydrogen-bond donors (Lipinski definition) is 2. The van der Waals surface area contributed by atoms with E-state index in [-0.39, 0.29) is 17.9 Å². The fraction of sp³-hybridized carbons (Fsp3) is 1.00. The van der Waals surface area contributed by atoms with Gasteiger partial charge in [-0.2, -0.15) is 0 Å². The van der Waals surface area contributed by atoms with E-state index in [1.165, 1.54) is 0 Å². The van der Waals surface area contributed by atoms with Gasteiger partial charge in [0.2, 0.25) is 0 Å². The fourth-order valence-corrected chi connectivity index (χ4v) is 1.37. The molecule has 1 aliphatic rings. The van der Waals surface area contributed by atoms with Crippen molar-refractivity contribution in [2.45, 2.75) is 32.4 Å². The molecular weight excluding hydrogens is 148 g/mol. The maximum Gasteiger partial charge on any atom is 0.0252 e. The molecule has 0 aromatic heterocycles. The summed E-state index contributed by atoms with van der Waals surface area (Å²) in [6.45, 7) is 8.82. The zero-order valence-corrected chi connectivity index (χ0v) is 7.72. The van der Waals surface area contributed by atoms with Gasteiger partial charge in [0.25, 0.3) is 0 Å². The molecule has 1 rings (SSSR count). The van der Waals surface area contributed by atoms with Gasteiger partial charge in [-0.15, -0.1) is 12.4 Å². The smallest absolute Gasteiger partial charge is 0.0252 e. The summed E-state index contributed by atoms with van der Waals surface area (Å²) in [6, 6.07) is 0.619. The normalized spacial score (nSPS) is 30.9. The van der Waals surface area contributed by atoms with Crippen LogP contribution >= 0.6 is 12.4 Å². The molecular formula is C7H17ClN2. The van der Waals surface area contributed by atoms with Crippen molar-refractivity contribution in [3.8, 4) is 0 Å². The first-order chi connectivity index (χ1) is 4.10. The maximum absolute atomic E-state index is 3.49. The van der Waals surface area contributed by atoms with Crippen LogP contribution in [0.1, 0.15) is 20.8 Å². The van der Waals surface area contributed by atoms with Crippen molar-refractivity contribution >= 4 is 12.4 Å². The summed E-state index contributed by atoms with van der Waals surface area (Å²) in [5.41, 5.74) is 0.289. The highest BCUT2D eigenvalue weighted by Crippen LogP contribution is 2.05. The largest absolute Gasteiger partial charge is 0.313 e. The second kappa shape index (κ2) is 3.56. The summed E-state index contributed by atoms with van der Waals surface area (Å²) in [4.78, 5) is 0. The highest BCUT2D eigenvalue weighted by molar-refractivity contribution is 5.85. The van der Waals surface area contributed by atoms with Gasteiger partial charge in [-0.25, -0.2) is 0 Å². The van der Waals surface area contributed by atoms with Gasteiger partial charge in [0.1, 0.15) is 0 Å². The quantitative estimate of drug-likeness (QED) is 0.553. The number of piperazine rings is 1. The van der Waals surface area contributed by atoms with Crippen molar-refractivity contribution in [3.63, 3.8) is 0 Å². The molecule has 0 aromatic rings. The summed E-state index contributed by atoms with van der Waals surface area (Å²) < 4.78 is 0. The zero-order chi connectivity index (χ0) is 6.91. The molecule has 0 radical (unpaired) electrons. The minimum absolute atomic E-state index is 0. The third-order valence-electron chi connectivity index (χ3n) is 1.65. The van der Waals surface area contributed by atoms with E-state index in [1.54, 1.807) is 0 Å². The third-order valence-corrected chi connectivity index (χ3v) is 1.65. The Kier molecular flexibility index (Phi) is 3.63. The Morgan fingerprint density at radius 1 is 1.40 bits per heavy atom. The van der Waals surface area contributed by atoms with Crippen LogP contribution < -0.4 is 10.6 Å². The van der Waals surface area contributed by atoms with Gasteiger partial charge in [0.05, 0.1) is 0 Å². The van der Waals surface area contributed by atoms with E-state index in [0.717, 1.165) is 13.1 Å². The molecule has 0 saturated carbocycles.